The van der Waals surface area contributed by atoms with Gasteiger partial charge < -0.3 is 89.0 Å². The summed E-state index contributed by atoms with van der Waals surface area (Å²) < 4.78 is 48.6. The van der Waals surface area contributed by atoms with Crippen LogP contribution in [0.15, 0.2) is 23.3 Å². The van der Waals surface area contributed by atoms with Crippen molar-refractivity contribution < 1.29 is 93.8 Å². The predicted molar refractivity (Wildman–Crippen MR) is 214 cm³/mol. The second-order valence-electron chi connectivity index (χ2n) is 19.5. The first-order chi connectivity index (χ1) is 29.8. The van der Waals surface area contributed by atoms with Crippen LogP contribution in [-0.4, -0.2) is 192 Å². The van der Waals surface area contributed by atoms with Gasteiger partial charge in [0.25, 0.3) is 0 Å². The molecule has 4 aliphatic carbocycles. The van der Waals surface area contributed by atoms with E-state index < -0.39 is 136 Å². The number of Topliss-reactive ketones (excluding diaryl/α,β-unsaturated/α-hetero) is 1. The second kappa shape index (κ2) is 18.8. The monoisotopic (exact) mass is 900 g/mol. The van der Waals surface area contributed by atoms with E-state index in [1.54, 1.807) is 6.92 Å². The van der Waals surface area contributed by atoms with Crippen molar-refractivity contribution in [1.29, 1.82) is 0 Å². The lowest BCUT2D eigenvalue weighted by molar-refractivity contribution is -0.403. The molecule has 10 N–H and O–H groups in total. The van der Waals surface area contributed by atoms with Gasteiger partial charge in [0, 0.05) is 0 Å². The van der Waals surface area contributed by atoms with E-state index in [1.807, 2.05) is 0 Å². The minimum atomic E-state index is -1.83. The molecular weight excluding hydrogens is 832 g/mol. The van der Waals surface area contributed by atoms with Crippen molar-refractivity contribution >= 4 is 5.78 Å². The van der Waals surface area contributed by atoms with E-state index in [-0.39, 0.29) is 11.2 Å². The van der Waals surface area contributed by atoms with E-state index in [0.717, 1.165) is 44.1 Å². The molecule has 0 radical (unpaired) electrons. The number of rotatable bonds is 10. The van der Waals surface area contributed by atoms with E-state index in [9.17, 15) is 55.9 Å². The molecule has 6 fully saturated rings. The van der Waals surface area contributed by atoms with E-state index in [4.69, 9.17) is 37.9 Å². The number of aliphatic hydroxyl groups excluding tert-OH is 10. The van der Waals surface area contributed by atoms with E-state index >= 15 is 0 Å². The standard InChI is InChI=1S/C44H68O19/c1-16(46)25-10-11-26-24-8-6-20-14-21(7-9-22(20)23(24)12-13-44(25,26)5)59-43-38(33(52)30(49)27(15-45)60-43)63-42-39(62-41-35(54)32(51)29(48)18(3)57-41)36(55)37(19(4)58-42)61-40-34(53)31(50)28(47)17(2)56-40/h10,14,17-19,21-24,26-43,45,47-55H,6-9,11-13,15H2,1-5H3/t17-,18-,19-,21-,22-,23+,24+,26-,27+,28-,29-,30+,31+,32+,33-,34+,35+,36+,37-,38+,39+,40-,41-,42-,43+,44+/m0/s1. The molecule has 63 heavy (non-hydrogen) atoms. The highest BCUT2D eigenvalue weighted by molar-refractivity contribution is 5.95. The molecule has 0 aromatic heterocycles. The molecule has 0 aromatic rings. The third-order valence-electron chi connectivity index (χ3n) is 15.8. The molecule has 0 spiro atoms. The van der Waals surface area contributed by atoms with Crippen LogP contribution in [0.25, 0.3) is 0 Å². The zero-order valence-electron chi connectivity index (χ0n) is 36.4. The van der Waals surface area contributed by atoms with Crippen LogP contribution in [0.2, 0.25) is 0 Å². The molecule has 4 heterocycles. The molecule has 4 saturated heterocycles. The molecule has 0 unspecified atom stereocenters. The number of ether oxygens (including phenoxy) is 8. The summed E-state index contributed by atoms with van der Waals surface area (Å²) in [5.74, 6) is 1.95. The van der Waals surface area contributed by atoms with Crippen molar-refractivity contribution in [3.05, 3.63) is 23.3 Å². The minimum absolute atomic E-state index is 0.0885. The van der Waals surface area contributed by atoms with Crippen LogP contribution in [0.5, 0.6) is 0 Å². The van der Waals surface area contributed by atoms with Gasteiger partial charge in [-0.25, -0.2) is 0 Å². The second-order valence-corrected chi connectivity index (χ2v) is 19.5. The molecule has 0 amide bonds. The number of aliphatic hydroxyl groups is 10. The molecular formula is C44H68O19. The van der Waals surface area contributed by atoms with Crippen molar-refractivity contribution in [2.45, 2.75) is 208 Å². The normalized spacial score (nSPS) is 53.7. The van der Waals surface area contributed by atoms with Crippen LogP contribution in [0.1, 0.15) is 79.6 Å². The zero-order chi connectivity index (χ0) is 45.4. The zero-order valence-corrected chi connectivity index (χ0v) is 36.4. The summed E-state index contributed by atoms with van der Waals surface area (Å²) in [5.41, 5.74) is 2.17. The highest BCUT2D eigenvalue weighted by atomic mass is 16.8. The lowest BCUT2D eigenvalue weighted by Crippen LogP contribution is -2.67. The number of allylic oxidation sites excluding steroid dienone is 3. The number of hydrogen-bond acceptors (Lipinski definition) is 19. The number of carbonyl (C=O) groups excluding carboxylic acids is 1. The average Bonchev–Trinajstić information content (AvgIpc) is 3.62. The average molecular weight is 901 g/mol. The van der Waals surface area contributed by atoms with Crippen molar-refractivity contribution in [2.24, 2.45) is 29.1 Å². The Morgan fingerprint density at radius 1 is 0.635 bits per heavy atom. The highest BCUT2D eigenvalue weighted by Gasteiger charge is 2.57. The lowest BCUT2D eigenvalue weighted by atomic mass is 9.51. The minimum Gasteiger partial charge on any atom is -0.394 e. The van der Waals surface area contributed by atoms with Crippen LogP contribution in [0.4, 0.5) is 0 Å². The molecule has 8 rings (SSSR count). The maximum atomic E-state index is 12.6. The molecule has 26 atom stereocenters. The number of fused-ring (bicyclic) bond motifs is 5. The summed E-state index contributed by atoms with van der Waals surface area (Å²) >= 11 is 0. The maximum Gasteiger partial charge on any atom is 0.187 e. The van der Waals surface area contributed by atoms with Crippen LogP contribution in [0.3, 0.4) is 0 Å². The molecule has 19 heteroatoms. The van der Waals surface area contributed by atoms with Crippen molar-refractivity contribution in [3.63, 3.8) is 0 Å². The number of hydrogen-bond donors (Lipinski definition) is 10. The quantitative estimate of drug-likeness (QED) is 0.111. The number of carbonyl (C=O) groups is 1. The van der Waals surface area contributed by atoms with Crippen LogP contribution in [-0.2, 0) is 42.7 Å². The van der Waals surface area contributed by atoms with Gasteiger partial charge >= 0.3 is 0 Å². The van der Waals surface area contributed by atoms with Crippen LogP contribution < -0.4 is 0 Å². The summed E-state index contributed by atoms with van der Waals surface area (Å²) in [7, 11) is 0. The summed E-state index contributed by atoms with van der Waals surface area (Å²) in [4.78, 5) is 12.6. The molecule has 0 aromatic carbocycles. The van der Waals surface area contributed by atoms with Gasteiger partial charge in [-0.2, -0.15) is 0 Å². The highest BCUT2D eigenvalue weighted by Crippen LogP contribution is 2.62. The molecule has 8 aliphatic rings. The fourth-order valence-corrected chi connectivity index (χ4v) is 12.2. The Kier molecular flexibility index (Phi) is 14.3. The maximum absolute atomic E-state index is 12.6. The Morgan fingerprint density at radius 2 is 1.21 bits per heavy atom. The Hall–Kier alpha value is -1.57. The smallest absolute Gasteiger partial charge is 0.187 e. The third-order valence-corrected chi connectivity index (χ3v) is 15.8. The first-order valence-corrected chi connectivity index (χ1v) is 22.7. The first-order valence-electron chi connectivity index (χ1n) is 22.7. The van der Waals surface area contributed by atoms with Gasteiger partial charge in [-0.05, 0) is 107 Å². The van der Waals surface area contributed by atoms with E-state index in [2.05, 4.69) is 19.1 Å². The summed E-state index contributed by atoms with van der Waals surface area (Å²) in [6.07, 6.45) is -20.4. The van der Waals surface area contributed by atoms with Crippen molar-refractivity contribution in [1.82, 2.24) is 0 Å². The fraction of sp³-hybridized carbons (Fsp3) is 0.886. The SMILES string of the molecule is CC(=O)C1=CC[C@H]2[C@@H]3CCC4=C[C@@H](O[C@@H]5O[C@H](CO)[C@@H](O)[C@H](O)[C@H]5O[C@@H]5O[C@@H](C)[C@H](O[C@@H]6O[C@@H](C)[C@H](O)[C@@H](O)[C@H]6O)[C@@H](O)[C@H]5O[C@@H]5O[C@@H](C)[C@H](O)[C@@H](O)[C@H]5O)CC[C@@H]4[C@H]3CC[C@]12C. The lowest BCUT2D eigenvalue weighted by Gasteiger charge is -2.54. The largest absolute Gasteiger partial charge is 0.394 e. The Balaban J connectivity index is 1.02. The van der Waals surface area contributed by atoms with Gasteiger partial charge in [0.05, 0.1) is 31.0 Å². The summed E-state index contributed by atoms with van der Waals surface area (Å²) in [6, 6.07) is 0. The molecule has 2 saturated carbocycles. The van der Waals surface area contributed by atoms with Crippen LogP contribution >= 0.6 is 0 Å². The van der Waals surface area contributed by atoms with Gasteiger partial charge in [0.1, 0.15) is 79.4 Å². The van der Waals surface area contributed by atoms with E-state index in [1.165, 1.54) is 26.3 Å². The summed E-state index contributed by atoms with van der Waals surface area (Å²) in [6.45, 7) is 7.65. The Morgan fingerprint density at radius 3 is 1.83 bits per heavy atom. The summed E-state index contributed by atoms with van der Waals surface area (Å²) in [5, 5.41) is 108. The predicted octanol–water partition coefficient (Wildman–Crippen LogP) is -1.58. The van der Waals surface area contributed by atoms with Crippen LogP contribution in [0, 0.1) is 29.1 Å². The molecule has 358 valence electrons. The van der Waals surface area contributed by atoms with Gasteiger partial charge in [-0.3, -0.25) is 4.79 Å². The van der Waals surface area contributed by atoms with Gasteiger partial charge in [0.2, 0.25) is 0 Å². The van der Waals surface area contributed by atoms with E-state index in [0.29, 0.717) is 30.1 Å². The van der Waals surface area contributed by atoms with Crippen molar-refractivity contribution in [3.8, 4) is 0 Å². The third kappa shape index (κ3) is 8.76. The Bertz CT molecular complexity index is 1680. The molecule has 0 bridgehead atoms. The van der Waals surface area contributed by atoms with Gasteiger partial charge in [0.15, 0.2) is 30.9 Å². The molecule has 4 aliphatic heterocycles. The first kappa shape index (κ1) is 47.9. The van der Waals surface area contributed by atoms with Gasteiger partial charge in [-0.15, -0.1) is 0 Å². The van der Waals surface area contributed by atoms with Gasteiger partial charge in [-0.1, -0.05) is 24.6 Å². The molecule has 19 nitrogen and oxygen atoms in total. The Labute approximate surface area is 366 Å². The number of ketones is 1. The van der Waals surface area contributed by atoms with Crippen molar-refractivity contribution in [2.75, 3.05) is 6.61 Å². The fourth-order valence-electron chi connectivity index (χ4n) is 12.2. The topological polar surface area (TPSA) is 293 Å².